The number of rotatable bonds is 9. The first-order valence-corrected chi connectivity index (χ1v) is 11.2. The van der Waals surface area contributed by atoms with Crippen molar-refractivity contribution in [2.24, 2.45) is 0 Å². The zero-order chi connectivity index (χ0) is 23.2. The molecule has 0 saturated carbocycles. The summed E-state index contributed by atoms with van der Waals surface area (Å²) in [7, 11) is 4.06. The van der Waals surface area contributed by atoms with Gasteiger partial charge in [0.05, 0.1) is 18.4 Å². The molecule has 6 nitrogen and oxygen atoms in total. The van der Waals surface area contributed by atoms with Gasteiger partial charge in [-0.3, -0.25) is 9.13 Å². The number of nitrogens with zero attached hydrogens (tertiary/aromatic N) is 3. The Morgan fingerprint density at radius 3 is 2.55 bits per heavy atom. The highest BCUT2D eigenvalue weighted by Gasteiger charge is 2.13. The average molecular weight is 446 g/mol. The molecule has 0 bridgehead atoms. The second kappa shape index (κ2) is 10.5. The van der Waals surface area contributed by atoms with Crippen LogP contribution in [-0.4, -0.2) is 47.4 Å². The quantitative estimate of drug-likeness (QED) is 0.494. The molecular formula is C27H31N3O3. The molecule has 0 saturated heterocycles. The second-order valence-corrected chi connectivity index (χ2v) is 8.53. The summed E-state index contributed by atoms with van der Waals surface area (Å²) in [6, 6.07) is 15.9. The van der Waals surface area contributed by atoms with E-state index in [1.54, 1.807) is 21.5 Å². The van der Waals surface area contributed by atoms with Crippen LogP contribution in [0.5, 0.6) is 5.75 Å². The highest BCUT2D eigenvalue weighted by molar-refractivity contribution is 5.59. The van der Waals surface area contributed by atoms with Gasteiger partial charge in [0.25, 0.3) is 0 Å². The molecule has 0 radical (unpaired) electrons. The summed E-state index contributed by atoms with van der Waals surface area (Å²) in [5.41, 5.74) is 3.90. The smallest absolute Gasteiger partial charge is 0.337 e. The molecule has 3 aromatic rings. The molecule has 2 aromatic carbocycles. The third-order valence-corrected chi connectivity index (χ3v) is 5.57. The molecule has 1 heterocycles. The molecule has 0 fully saturated rings. The normalized spacial score (nSPS) is 15.6. The van der Waals surface area contributed by atoms with Crippen molar-refractivity contribution in [1.29, 1.82) is 0 Å². The number of hydrogen-bond donors (Lipinski definition) is 0. The number of aryl methyl sites for hydroxylation is 1. The lowest BCUT2D eigenvalue weighted by Crippen LogP contribution is -2.24. The van der Waals surface area contributed by atoms with E-state index in [4.69, 9.17) is 9.47 Å². The topological polar surface area (TPSA) is 48.6 Å². The first kappa shape index (κ1) is 22.8. The van der Waals surface area contributed by atoms with Crippen LogP contribution in [0.25, 0.3) is 11.4 Å². The van der Waals surface area contributed by atoms with Crippen LogP contribution in [0.2, 0.25) is 0 Å². The second-order valence-electron chi connectivity index (χ2n) is 8.53. The molecule has 1 unspecified atom stereocenters. The SMILES string of the molecule is Cc1cccc(COc2ccc(-n3ccn(C4=CCC(OCCN(C)C)C=C4)c3=O)cc2)c1. The van der Waals surface area contributed by atoms with Gasteiger partial charge in [-0.1, -0.05) is 42.0 Å². The predicted molar refractivity (Wildman–Crippen MR) is 132 cm³/mol. The largest absolute Gasteiger partial charge is 0.489 e. The minimum Gasteiger partial charge on any atom is -0.489 e. The fraction of sp³-hybridized carbons (Fsp3) is 0.296. The third-order valence-electron chi connectivity index (χ3n) is 5.57. The Hall–Kier alpha value is -3.35. The summed E-state index contributed by atoms with van der Waals surface area (Å²) in [4.78, 5) is 15.1. The third kappa shape index (κ3) is 5.92. The molecule has 0 N–H and O–H groups in total. The Morgan fingerprint density at radius 2 is 1.85 bits per heavy atom. The minimum atomic E-state index is -0.105. The Labute approximate surface area is 195 Å². The summed E-state index contributed by atoms with van der Waals surface area (Å²) in [5.74, 6) is 0.769. The van der Waals surface area contributed by atoms with E-state index in [0.717, 1.165) is 35.7 Å². The molecule has 4 rings (SSSR count). The van der Waals surface area contributed by atoms with Gasteiger partial charge in [-0.2, -0.15) is 0 Å². The summed E-state index contributed by atoms with van der Waals surface area (Å²) in [6.07, 6.45) is 10.4. The number of ether oxygens (including phenoxy) is 2. The first-order chi connectivity index (χ1) is 16.0. The van der Waals surface area contributed by atoms with Crippen molar-refractivity contribution in [3.05, 3.63) is 101 Å². The van der Waals surface area contributed by atoms with Crippen molar-refractivity contribution >= 4 is 5.70 Å². The average Bonchev–Trinajstić information content (AvgIpc) is 3.19. The number of imidazole rings is 1. The maximum absolute atomic E-state index is 13.0. The van der Waals surface area contributed by atoms with Crippen LogP contribution in [-0.2, 0) is 11.3 Å². The molecule has 172 valence electrons. The molecule has 1 aliphatic carbocycles. The van der Waals surface area contributed by atoms with E-state index in [1.807, 2.05) is 62.7 Å². The van der Waals surface area contributed by atoms with E-state index >= 15 is 0 Å². The molecule has 0 spiro atoms. The summed E-state index contributed by atoms with van der Waals surface area (Å²) in [6.45, 7) is 4.16. The van der Waals surface area contributed by atoms with Crippen LogP contribution in [0.15, 0.2) is 83.9 Å². The predicted octanol–water partition coefficient (Wildman–Crippen LogP) is 4.27. The maximum Gasteiger partial charge on any atom is 0.337 e. The van der Waals surface area contributed by atoms with Crippen molar-refractivity contribution in [2.45, 2.75) is 26.1 Å². The molecule has 1 atom stereocenters. The Bertz CT molecular complexity index is 1190. The fourth-order valence-electron chi connectivity index (χ4n) is 3.72. The minimum absolute atomic E-state index is 0.0545. The van der Waals surface area contributed by atoms with Gasteiger partial charge >= 0.3 is 5.69 Å². The lowest BCUT2D eigenvalue weighted by molar-refractivity contribution is 0.0748. The fourth-order valence-corrected chi connectivity index (χ4v) is 3.72. The molecular weight excluding hydrogens is 414 g/mol. The summed E-state index contributed by atoms with van der Waals surface area (Å²) < 4.78 is 15.1. The molecule has 0 aliphatic heterocycles. The summed E-state index contributed by atoms with van der Waals surface area (Å²) in [5, 5.41) is 0. The van der Waals surface area contributed by atoms with Gasteiger partial charge in [0.2, 0.25) is 0 Å². The highest BCUT2D eigenvalue weighted by Crippen LogP contribution is 2.19. The van der Waals surface area contributed by atoms with Gasteiger partial charge in [0, 0.05) is 24.6 Å². The van der Waals surface area contributed by atoms with Crippen LogP contribution in [0, 0.1) is 6.92 Å². The van der Waals surface area contributed by atoms with Gasteiger partial charge in [0.1, 0.15) is 12.4 Å². The van der Waals surface area contributed by atoms with E-state index < -0.39 is 0 Å². The zero-order valence-corrected chi connectivity index (χ0v) is 19.5. The zero-order valence-electron chi connectivity index (χ0n) is 19.5. The molecule has 33 heavy (non-hydrogen) atoms. The number of benzene rings is 2. The van der Waals surface area contributed by atoms with Crippen LogP contribution >= 0.6 is 0 Å². The molecule has 0 amide bonds. The van der Waals surface area contributed by atoms with E-state index in [-0.39, 0.29) is 11.8 Å². The van der Waals surface area contributed by atoms with Crippen molar-refractivity contribution in [3.63, 3.8) is 0 Å². The molecule has 1 aliphatic rings. The van der Waals surface area contributed by atoms with E-state index in [1.165, 1.54) is 5.56 Å². The monoisotopic (exact) mass is 445 g/mol. The number of likely N-dealkylation sites (N-methyl/N-ethyl adjacent to an activating group) is 1. The number of allylic oxidation sites excluding steroid dienone is 2. The van der Waals surface area contributed by atoms with E-state index in [9.17, 15) is 4.79 Å². The van der Waals surface area contributed by atoms with Gasteiger partial charge in [-0.05, 0) is 63.3 Å². The Morgan fingerprint density at radius 1 is 1.06 bits per heavy atom. The van der Waals surface area contributed by atoms with Gasteiger partial charge in [-0.15, -0.1) is 0 Å². The lowest BCUT2D eigenvalue weighted by atomic mass is 10.1. The van der Waals surface area contributed by atoms with E-state index in [2.05, 4.69) is 30.0 Å². The van der Waals surface area contributed by atoms with Gasteiger partial charge in [0.15, 0.2) is 0 Å². The number of hydrogen-bond acceptors (Lipinski definition) is 4. The van der Waals surface area contributed by atoms with Crippen LogP contribution in [0.3, 0.4) is 0 Å². The Kier molecular flexibility index (Phi) is 7.27. The number of aromatic nitrogens is 2. The van der Waals surface area contributed by atoms with Crippen molar-refractivity contribution in [2.75, 3.05) is 27.2 Å². The van der Waals surface area contributed by atoms with Crippen LogP contribution in [0.4, 0.5) is 0 Å². The van der Waals surface area contributed by atoms with Crippen molar-refractivity contribution in [3.8, 4) is 11.4 Å². The van der Waals surface area contributed by atoms with Crippen molar-refractivity contribution < 1.29 is 9.47 Å². The Balaban J connectivity index is 1.38. The summed E-state index contributed by atoms with van der Waals surface area (Å²) >= 11 is 0. The molecule has 1 aromatic heterocycles. The highest BCUT2D eigenvalue weighted by atomic mass is 16.5. The van der Waals surface area contributed by atoms with E-state index in [0.29, 0.717) is 13.2 Å². The van der Waals surface area contributed by atoms with Crippen molar-refractivity contribution in [1.82, 2.24) is 14.0 Å². The van der Waals surface area contributed by atoms with Crippen LogP contribution in [0.1, 0.15) is 17.5 Å². The first-order valence-electron chi connectivity index (χ1n) is 11.2. The standard InChI is InChI=1S/C27H31N3O3/c1-21-5-4-6-22(19-21)20-33-26-13-9-24(10-14-26)30-16-15-29(27(30)31)23-7-11-25(12-8-23)32-18-17-28(2)3/h4-11,13-16,19,25H,12,17-18,20H2,1-3H3. The molecule has 6 heteroatoms. The van der Waals surface area contributed by atoms with Gasteiger partial charge < -0.3 is 14.4 Å². The lowest BCUT2D eigenvalue weighted by Gasteiger charge is -2.18. The van der Waals surface area contributed by atoms with Gasteiger partial charge in [-0.25, -0.2) is 4.79 Å². The maximum atomic E-state index is 13.0. The van der Waals surface area contributed by atoms with Crippen LogP contribution < -0.4 is 10.4 Å².